The first-order valence-electron chi connectivity index (χ1n) is 3.47. The molecule has 0 aromatic heterocycles. The van der Waals surface area contributed by atoms with Gasteiger partial charge in [-0.25, -0.2) is 0 Å². The lowest BCUT2D eigenvalue weighted by Crippen LogP contribution is -2.33. The van der Waals surface area contributed by atoms with Crippen molar-refractivity contribution in [1.29, 1.82) is 0 Å². The van der Waals surface area contributed by atoms with Crippen LogP contribution >= 0.6 is 12.6 Å². The molecular formula is C7H17NOS. The number of rotatable bonds is 4. The molecule has 0 fully saturated rings. The minimum atomic E-state index is 0.0317. The maximum absolute atomic E-state index is 8.57. The summed E-state index contributed by atoms with van der Waals surface area (Å²) in [6.45, 7) is 5.97. The third-order valence-corrected chi connectivity index (χ3v) is 1.28. The normalized spacial score (nSPS) is 12.6. The van der Waals surface area contributed by atoms with E-state index in [9.17, 15) is 0 Å². The van der Waals surface area contributed by atoms with Gasteiger partial charge >= 0.3 is 0 Å². The van der Waals surface area contributed by atoms with Crippen LogP contribution < -0.4 is 0 Å². The zero-order valence-corrected chi connectivity index (χ0v) is 7.86. The van der Waals surface area contributed by atoms with Gasteiger partial charge in [0.25, 0.3) is 0 Å². The minimum Gasteiger partial charge on any atom is -0.395 e. The fourth-order valence-electron chi connectivity index (χ4n) is 0.910. The molecule has 0 aliphatic rings. The van der Waals surface area contributed by atoms with Gasteiger partial charge in [-0.2, -0.15) is 12.6 Å². The highest BCUT2D eigenvalue weighted by atomic mass is 32.1. The van der Waals surface area contributed by atoms with Crippen LogP contribution in [0.25, 0.3) is 0 Å². The van der Waals surface area contributed by atoms with E-state index < -0.39 is 0 Å². The van der Waals surface area contributed by atoms with Crippen molar-refractivity contribution in [3.05, 3.63) is 0 Å². The first-order valence-corrected chi connectivity index (χ1v) is 3.92. The number of aliphatic hydroxyl groups excluding tert-OH is 1. The maximum Gasteiger partial charge on any atom is 0.0558 e. The molecule has 0 atom stereocenters. The second-order valence-corrected chi connectivity index (χ2v) is 4.48. The molecule has 3 heteroatoms. The van der Waals surface area contributed by atoms with Crippen LogP contribution in [0.15, 0.2) is 0 Å². The van der Waals surface area contributed by atoms with E-state index in [1.807, 2.05) is 7.05 Å². The van der Waals surface area contributed by atoms with Gasteiger partial charge in [0.15, 0.2) is 0 Å². The molecule has 1 N–H and O–H groups in total. The Morgan fingerprint density at radius 2 is 2.00 bits per heavy atom. The van der Waals surface area contributed by atoms with Crippen LogP contribution in [0.3, 0.4) is 0 Å². The molecule has 62 valence electrons. The largest absolute Gasteiger partial charge is 0.395 e. The fraction of sp³-hybridized carbons (Fsp3) is 1.00. The molecule has 10 heavy (non-hydrogen) atoms. The summed E-state index contributed by atoms with van der Waals surface area (Å²) in [5.74, 6) is 0. The molecule has 0 radical (unpaired) electrons. The number of hydrogen-bond acceptors (Lipinski definition) is 3. The van der Waals surface area contributed by atoms with Crippen LogP contribution in [0.1, 0.15) is 13.8 Å². The summed E-state index contributed by atoms with van der Waals surface area (Å²) in [4.78, 5) is 2.06. The van der Waals surface area contributed by atoms with Crippen molar-refractivity contribution >= 4 is 12.6 Å². The lowest BCUT2D eigenvalue weighted by molar-refractivity contribution is 0.214. The molecule has 0 aliphatic carbocycles. The summed E-state index contributed by atoms with van der Waals surface area (Å²) < 4.78 is 0.0317. The van der Waals surface area contributed by atoms with E-state index in [-0.39, 0.29) is 11.4 Å². The molecule has 0 aromatic rings. The zero-order chi connectivity index (χ0) is 8.20. The third-order valence-electron chi connectivity index (χ3n) is 1.14. The lowest BCUT2D eigenvalue weighted by Gasteiger charge is -2.24. The first-order chi connectivity index (χ1) is 4.45. The van der Waals surface area contributed by atoms with E-state index >= 15 is 0 Å². The zero-order valence-electron chi connectivity index (χ0n) is 6.96. The molecular weight excluding hydrogens is 146 g/mol. The van der Waals surface area contributed by atoms with Crippen molar-refractivity contribution in [1.82, 2.24) is 4.90 Å². The number of likely N-dealkylation sites (N-methyl/N-ethyl adjacent to an activating group) is 1. The van der Waals surface area contributed by atoms with Gasteiger partial charge in [0.2, 0.25) is 0 Å². The summed E-state index contributed by atoms with van der Waals surface area (Å²) >= 11 is 4.36. The Kier molecular flexibility index (Phi) is 4.32. The minimum absolute atomic E-state index is 0.0317. The predicted molar refractivity (Wildman–Crippen MR) is 47.6 cm³/mol. The average molecular weight is 163 g/mol. The van der Waals surface area contributed by atoms with Crippen molar-refractivity contribution in [2.24, 2.45) is 0 Å². The highest BCUT2D eigenvalue weighted by Gasteiger charge is 2.13. The van der Waals surface area contributed by atoms with Gasteiger partial charge in [-0.1, -0.05) is 0 Å². The van der Waals surface area contributed by atoms with Gasteiger partial charge in [-0.05, 0) is 20.9 Å². The van der Waals surface area contributed by atoms with Crippen molar-refractivity contribution in [3.63, 3.8) is 0 Å². The Morgan fingerprint density at radius 3 is 2.30 bits per heavy atom. The topological polar surface area (TPSA) is 23.5 Å². The maximum atomic E-state index is 8.57. The standard InChI is InChI=1S/C7H17NOS/c1-7(2,10)6-8(3)4-5-9/h9-10H,4-6H2,1-3H3. The molecule has 0 heterocycles. The van der Waals surface area contributed by atoms with E-state index in [0.29, 0.717) is 0 Å². The summed E-state index contributed by atoms with van der Waals surface area (Å²) in [7, 11) is 1.98. The van der Waals surface area contributed by atoms with Gasteiger partial charge in [-0.3, -0.25) is 0 Å². The molecule has 0 amide bonds. The highest BCUT2D eigenvalue weighted by Crippen LogP contribution is 2.12. The van der Waals surface area contributed by atoms with Crippen molar-refractivity contribution in [2.75, 3.05) is 26.7 Å². The van der Waals surface area contributed by atoms with Crippen molar-refractivity contribution < 1.29 is 5.11 Å². The number of thiol groups is 1. The van der Waals surface area contributed by atoms with Crippen molar-refractivity contribution in [2.45, 2.75) is 18.6 Å². The molecule has 0 aliphatic heterocycles. The number of hydrogen-bond donors (Lipinski definition) is 2. The van der Waals surface area contributed by atoms with Crippen LogP contribution in [0.5, 0.6) is 0 Å². The fourth-order valence-corrected chi connectivity index (χ4v) is 1.15. The molecule has 0 unspecified atom stereocenters. The Labute approximate surface area is 68.6 Å². The van der Waals surface area contributed by atoms with Gasteiger partial charge in [0, 0.05) is 17.8 Å². The Morgan fingerprint density at radius 1 is 1.50 bits per heavy atom. The van der Waals surface area contributed by atoms with Gasteiger partial charge in [-0.15, -0.1) is 0 Å². The molecule has 0 saturated carbocycles. The molecule has 0 bridgehead atoms. The summed E-state index contributed by atoms with van der Waals surface area (Å²) in [6.07, 6.45) is 0. The predicted octanol–water partition coefficient (Wildman–Crippen LogP) is 0.619. The van der Waals surface area contributed by atoms with E-state index in [0.717, 1.165) is 13.1 Å². The smallest absolute Gasteiger partial charge is 0.0558 e. The summed E-state index contributed by atoms with van der Waals surface area (Å²) in [5.41, 5.74) is 0. The Balaban J connectivity index is 3.47. The van der Waals surface area contributed by atoms with Crippen LogP contribution in [0, 0.1) is 0 Å². The third kappa shape index (κ3) is 6.39. The van der Waals surface area contributed by atoms with Gasteiger partial charge in [0.05, 0.1) is 6.61 Å². The van der Waals surface area contributed by atoms with E-state index in [1.54, 1.807) is 0 Å². The van der Waals surface area contributed by atoms with Gasteiger partial charge in [0.1, 0.15) is 0 Å². The van der Waals surface area contributed by atoms with E-state index in [1.165, 1.54) is 0 Å². The quantitative estimate of drug-likeness (QED) is 0.594. The second-order valence-electron chi connectivity index (χ2n) is 3.27. The number of nitrogens with zero attached hydrogens (tertiary/aromatic N) is 1. The lowest BCUT2D eigenvalue weighted by atomic mass is 10.2. The van der Waals surface area contributed by atoms with Crippen molar-refractivity contribution in [3.8, 4) is 0 Å². The van der Waals surface area contributed by atoms with E-state index in [2.05, 4.69) is 31.4 Å². The summed E-state index contributed by atoms with van der Waals surface area (Å²) in [6, 6.07) is 0. The second kappa shape index (κ2) is 4.21. The molecule has 0 aromatic carbocycles. The van der Waals surface area contributed by atoms with Gasteiger partial charge < -0.3 is 10.0 Å². The molecule has 2 nitrogen and oxygen atoms in total. The van der Waals surface area contributed by atoms with Crippen LogP contribution in [0.4, 0.5) is 0 Å². The van der Waals surface area contributed by atoms with Crippen LogP contribution in [0.2, 0.25) is 0 Å². The molecule has 0 spiro atoms. The summed E-state index contributed by atoms with van der Waals surface area (Å²) in [5, 5.41) is 8.57. The Bertz CT molecular complexity index is 90.1. The van der Waals surface area contributed by atoms with E-state index in [4.69, 9.17) is 5.11 Å². The Hall–Kier alpha value is 0.270. The highest BCUT2D eigenvalue weighted by molar-refractivity contribution is 7.81. The van der Waals surface area contributed by atoms with Crippen LogP contribution in [-0.2, 0) is 0 Å². The first kappa shape index (κ1) is 10.3. The molecule has 0 rings (SSSR count). The monoisotopic (exact) mass is 163 g/mol. The van der Waals surface area contributed by atoms with Crippen LogP contribution in [-0.4, -0.2) is 41.5 Å². The number of aliphatic hydroxyl groups is 1. The SMILES string of the molecule is CN(CCO)CC(C)(C)S. The molecule has 0 saturated heterocycles. The average Bonchev–Trinajstić information content (AvgIpc) is 1.59.